The zero-order valence-corrected chi connectivity index (χ0v) is 13.1. The van der Waals surface area contributed by atoms with E-state index in [-0.39, 0.29) is 16.9 Å². The summed E-state index contributed by atoms with van der Waals surface area (Å²) in [7, 11) is 0. The maximum Gasteiger partial charge on any atom is 0.142 e. The molecular weight excluding hydrogens is 287 g/mol. The minimum absolute atomic E-state index is 0.0802. The van der Waals surface area contributed by atoms with Crippen molar-refractivity contribution in [1.82, 2.24) is 10.3 Å². The van der Waals surface area contributed by atoms with Crippen molar-refractivity contribution < 1.29 is 4.39 Å². The van der Waals surface area contributed by atoms with Crippen molar-refractivity contribution in [2.75, 3.05) is 6.54 Å². The van der Waals surface area contributed by atoms with Gasteiger partial charge in [-0.3, -0.25) is 4.98 Å². The molecule has 0 aliphatic heterocycles. The van der Waals surface area contributed by atoms with Gasteiger partial charge in [0.25, 0.3) is 0 Å². The first-order valence-electron chi connectivity index (χ1n) is 7.19. The van der Waals surface area contributed by atoms with Crippen molar-refractivity contribution in [2.24, 2.45) is 0 Å². The molecule has 0 saturated heterocycles. The molecule has 21 heavy (non-hydrogen) atoms. The van der Waals surface area contributed by atoms with E-state index in [1.54, 1.807) is 6.07 Å². The Morgan fingerprint density at radius 3 is 2.86 bits per heavy atom. The predicted molar refractivity (Wildman–Crippen MR) is 85.1 cm³/mol. The number of aromatic nitrogens is 1. The van der Waals surface area contributed by atoms with E-state index < -0.39 is 0 Å². The molecule has 1 heterocycles. The molecule has 0 aliphatic carbocycles. The van der Waals surface area contributed by atoms with Gasteiger partial charge in [0.15, 0.2) is 0 Å². The van der Waals surface area contributed by atoms with E-state index >= 15 is 0 Å². The van der Waals surface area contributed by atoms with E-state index in [0.717, 1.165) is 29.7 Å². The quantitative estimate of drug-likeness (QED) is 0.852. The number of nitrogens with one attached hydrogen (secondary N) is 1. The number of nitrogens with zero attached hydrogens (tertiary/aromatic N) is 1. The van der Waals surface area contributed by atoms with Crippen molar-refractivity contribution in [3.63, 3.8) is 0 Å². The summed E-state index contributed by atoms with van der Waals surface area (Å²) in [6, 6.07) is 7.14. The van der Waals surface area contributed by atoms with E-state index in [0.29, 0.717) is 6.42 Å². The summed E-state index contributed by atoms with van der Waals surface area (Å²) < 4.78 is 13.6. The molecule has 0 spiro atoms. The van der Waals surface area contributed by atoms with Crippen molar-refractivity contribution in [3.05, 3.63) is 64.2 Å². The van der Waals surface area contributed by atoms with Crippen molar-refractivity contribution >= 4 is 11.6 Å². The Labute approximate surface area is 130 Å². The molecule has 0 radical (unpaired) electrons. The van der Waals surface area contributed by atoms with Crippen LogP contribution in [0.15, 0.2) is 36.7 Å². The molecule has 1 unspecified atom stereocenters. The van der Waals surface area contributed by atoms with Crippen LogP contribution in [0.25, 0.3) is 0 Å². The Kier molecular flexibility index (Phi) is 5.71. The van der Waals surface area contributed by atoms with Crippen LogP contribution in [-0.2, 0) is 6.42 Å². The number of halogens is 2. The van der Waals surface area contributed by atoms with Gasteiger partial charge in [0.05, 0.1) is 5.02 Å². The largest absolute Gasteiger partial charge is 0.310 e. The molecule has 0 fully saturated rings. The maximum absolute atomic E-state index is 13.6. The first-order valence-corrected chi connectivity index (χ1v) is 7.57. The maximum atomic E-state index is 13.6. The molecule has 0 bridgehead atoms. The monoisotopic (exact) mass is 306 g/mol. The fourth-order valence-electron chi connectivity index (χ4n) is 2.32. The Balaban J connectivity index is 2.26. The lowest BCUT2D eigenvalue weighted by Gasteiger charge is -2.20. The summed E-state index contributed by atoms with van der Waals surface area (Å²) in [6.45, 7) is 5.03. The Morgan fingerprint density at radius 1 is 1.33 bits per heavy atom. The Bertz CT molecular complexity index is 601. The third-order valence-electron chi connectivity index (χ3n) is 3.39. The number of hydrogen-bond acceptors (Lipinski definition) is 2. The highest BCUT2D eigenvalue weighted by Gasteiger charge is 2.15. The van der Waals surface area contributed by atoms with Crippen LogP contribution in [0.4, 0.5) is 4.39 Å². The van der Waals surface area contributed by atoms with Crippen LogP contribution < -0.4 is 5.32 Å². The number of pyridine rings is 1. The van der Waals surface area contributed by atoms with Crippen LogP contribution in [-0.4, -0.2) is 11.5 Å². The average Bonchev–Trinajstić information content (AvgIpc) is 2.47. The van der Waals surface area contributed by atoms with Crippen LogP contribution in [0.2, 0.25) is 5.02 Å². The van der Waals surface area contributed by atoms with Gasteiger partial charge in [-0.1, -0.05) is 36.7 Å². The molecule has 2 rings (SSSR count). The number of rotatable bonds is 6. The lowest BCUT2D eigenvalue weighted by molar-refractivity contribution is 0.525. The van der Waals surface area contributed by atoms with Crippen LogP contribution in [0, 0.1) is 12.7 Å². The second kappa shape index (κ2) is 7.53. The molecule has 112 valence electrons. The van der Waals surface area contributed by atoms with Gasteiger partial charge < -0.3 is 5.32 Å². The summed E-state index contributed by atoms with van der Waals surface area (Å²) in [4.78, 5) is 4.25. The van der Waals surface area contributed by atoms with Gasteiger partial charge >= 0.3 is 0 Å². The summed E-state index contributed by atoms with van der Waals surface area (Å²) in [5, 5.41) is 3.70. The first-order chi connectivity index (χ1) is 10.1. The molecule has 1 atom stereocenters. The second-order valence-corrected chi connectivity index (χ2v) is 5.60. The van der Waals surface area contributed by atoms with Gasteiger partial charge in [-0.05, 0) is 49.1 Å². The second-order valence-electron chi connectivity index (χ2n) is 5.22. The summed E-state index contributed by atoms with van der Waals surface area (Å²) >= 11 is 6.07. The van der Waals surface area contributed by atoms with Gasteiger partial charge in [-0.2, -0.15) is 0 Å². The zero-order valence-electron chi connectivity index (χ0n) is 12.4. The van der Waals surface area contributed by atoms with Gasteiger partial charge in [0, 0.05) is 18.4 Å². The first kappa shape index (κ1) is 15.9. The molecule has 2 aromatic rings. The van der Waals surface area contributed by atoms with Gasteiger partial charge in [0.2, 0.25) is 0 Å². The summed E-state index contributed by atoms with van der Waals surface area (Å²) in [5.41, 5.74) is 3.02. The minimum atomic E-state index is -0.370. The van der Waals surface area contributed by atoms with Crippen LogP contribution >= 0.6 is 11.6 Å². The van der Waals surface area contributed by atoms with E-state index in [4.69, 9.17) is 11.6 Å². The number of hydrogen-bond donors (Lipinski definition) is 1. The lowest BCUT2D eigenvalue weighted by atomic mass is 9.99. The standard InChI is InChI=1S/C17H20ClFN2/c1-3-7-21-16(14-8-12(2)10-20-11-14)9-13-5-4-6-15(19)17(13)18/h4-6,8,10-11,16,21H,3,7,9H2,1-2H3. The highest BCUT2D eigenvalue weighted by atomic mass is 35.5. The fourth-order valence-corrected chi connectivity index (χ4v) is 2.52. The van der Waals surface area contributed by atoms with E-state index in [9.17, 15) is 4.39 Å². The van der Waals surface area contributed by atoms with Crippen LogP contribution in [0.5, 0.6) is 0 Å². The van der Waals surface area contributed by atoms with Crippen LogP contribution in [0.3, 0.4) is 0 Å². The third kappa shape index (κ3) is 4.26. The molecule has 1 N–H and O–H groups in total. The Hall–Kier alpha value is -1.45. The van der Waals surface area contributed by atoms with Gasteiger partial charge in [0.1, 0.15) is 5.82 Å². The number of benzene rings is 1. The minimum Gasteiger partial charge on any atom is -0.310 e. The van der Waals surface area contributed by atoms with E-state index in [2.05, 4.69) is 23.3 Å². The van der Waals surface area contributed by atoms with Gasteiger partial charge in [-0.15, -0.1) is 0 Å². The normalized spacial score (nSPS) is 12.4. The van der Waals surface area contributed by atoms with Gasteiger partial charge in [-0.25, -0.2) is 4.39 Å². The molecule has 0 amide bonds. The summed E-state index contributed by atoms with van der Waals surface area (Å²) in [6.07, 6.45) is 5.36. The smallest absolute Gasteiger partial charge is 0.142 e. The average molecular weight is 307 g/mol. The molecule has 0 aliphatic rings. The highest BCUT2D eigenvalue weighted by Crippen LogP contribution is 2.25. The third-order valence-corrected chi connectivity index (χ3v) is 3.82. The zero-order chi connectivity index (χ0) is 15.2. The molecule has 4 heteroatoms. The predicted octanol–water partition coefficient (Wildman–Crippen LogP) is 4.47. The highest BCUT2D eigenvalue weighted by molar-refractivity contribution is 6.31. The molecule has 0 saturated carbocycles. The molecule has 1 aromatic heterocycles. The van der Waals surface area contributed by atoms with E-state index in [1.165, 1.54) is 6.07 Å². The molecule has 2 nitrogen and oxygen atoms in total. The number of aryl methyl sites for hydroxylation is 1. The lowest BCUT2D eigenvalue weighted by Crippen LogP contribution is -2.24. The van der Waals surface area contributed by atoms with E-state index in [1.807, 2.05) is 25.4 Å². The SMILES string of the molecule is CCCNC(Cc1cccc(F)c1Cl)c1cncc(C)c1. The fraction of sp³-hybridized carbons (Fsp3) is 0.353. The molecular formula is C17H20ClFN2. The van der Waals surface area contributed by atoms with Crippen molar-refractivity contribution in [3.8, 4) is 0 Å². The molecule has 1 aromatic carbocycles. The topological polar surface area (TPSA) is 24.9 Å². The Morgan fingerprint density at radius 2 is 2.14 bits per heavy atom. The summed E-state index contributed by atoms with van der Waals surface area (Å²) in [5.74, 6) is -0.370. The van der Waals surface area contributed by atoms with Crippen molar-refractivity contribution in [2.45, 2.75) is 32.7 Å². The van der Waals surface area contributed by atoms with Crippen LogP contribution in [0.1, 0.15) is 36.1 Å². The van der Waals surface area contributed by atoms with Crippen molar-refractivity contribution in [1.29, 1.82) is 0 Å².